The minimum atomic E-state index is -5.44. The molecule has 0 aromatic heterocycles. The maximum absolute atomic E-state index is 14.0. The molecule has 0 unspecified atom stereocenters. The molecule has 0 heterocycles. The zero-order chi connectivity index (χ0) is 23.8. The summed E-state index contributed by atoms with van der Waals surface area (Å²) in [5.41, 5.74) is 0. The van der Waals surface area contributed by atoms with Crippen molar-refractivity contribution in [3.8, 4) is 0 Å². The smallest absolute Gasteiger partial charge is 0.407 e. The minimum Gasteiger partial charge on any atom is -0.461 e. The number of hydrogen-bond donors (Lipinski definition) is 3. The molecule has 0 bridgehead atoms. The fraction of sp³-hybridized carbons (Fsp3) is 0.286. The third-order valence-corrected chi connectivity index (χ3v) is 6.46. The lowest BCUT2D eigenvalue weighted by molar-refractivity contribution is -0.137. The predicted octanol–water partition coefficient (Wildman–Crippen LogP) is 0.595. The van der Waals surface area contributed by atoms with Gasteiger partial charge in [0.15, 0.2) is 28.2 Å². The van der Waals surface area contributed by atoms with Crippen molar-refractivity contribution in [3.05, 3.63) is 35.9 Å². The highest BCUT2D eigenvalue weighted by Crippen LogP contribution is 2.33. The molecule has 1 aromatic carbocycles. The van der Waals surface area contributed by atoms with Gasteiger partial charge in [-0.3, -0.25) is 0 Å². The van der Waals surface area contributed by atoms with E-state index in [4.69, 9.17) is 0 Å². The van der Waals surface area contributed by atoms with Crippen LogP contribution in [-0.4, -0.2) is 54.4 Å². The zero-order valence-electron chi connectivity index (χ0n) is 15.2. The molecule has 0 aliphatic heterocycles. The van der Waals surface area contributed by atoms with E-state index in [1.165, 1.54) is 0 Å². The monoisotopic (exact) mass is 510 g/mol. The van der Waals surface area contributed by atoms with E-state index in [0.717, 1.165) is 10.2 Å². The van der Waals surface area contributed by atoms with Crippen LogP contribution in [0.1, 0.15) is 0 Å². The number of rotatable bonds is 11. The third-order valence-electron chi connectivity index (χ3n) is 2.99. The summed E-state index contributed by atoms with van der Waals surface area (Å²) in [5, 5.41) is 2.17. The molecule has 0 saturated heterocycles. The van der Waals surface area contributed by atoms with Gasteiger partial charge in [0.25, 0.3) is 10.0 Å². The summed E-state index contributed by atoms with van der Waals surface area (Å²) in [5.74, 6) is -9.95. The van der Waals surface area contributed by atoms with Crippen LogP contribution in [0.2, 0.25) is 0 Å². The number of ether oxygens (including phenoxy) is 2. The number of carbonyl (C=O) groups is 2. The number of esters is 1. The molecule has 174 valence electrons. The van der Waals surface area contributed by atoms with Gasteiger partial charge in [0, 0.05) is 11.8 Å². The summed E-state index contributed by atoms with van der Waals surface area (Å²) in [6, 6.07) is 0. The number of amides is 1. The lowest BCUT2D eigenvalue weighted by Crippen LogP contribution is -2.29. The molecule has 0 fully saturated rings. The molecule has 0 spiro atoms. The van der Waals surface area contributed by atoms with E-state index in [0.29, 0.717) is 0 Å². The Balaban J connectivity index is 2.74. The van der Waals surface area contributed by atoms with Crippen molar-refractivity contribution in [3.63, 3.8) is 0 Å². The lowest BCUT2D eigenvalue weighted by Gasteiger charge is -2.11. The van der Waals surface area contributed by atoms with Gasteiger partial charge in [0.05, 0.1) is 11.4 Å². The Morgan fingerprint density at radius 2 is 1.61 bits per heavy atom. The van der Waals surface area contributed by atoms with Crippen LogP contribution in [-0.2, 0) is 35.2 Å². The van der Waals surface area contributed by atoms with Crippen molar-refractivity contribution in [2.24, 2.45) is 0 Å². The van der Waals surface area contributed by atoms with Crippen molar-refractivity contribution in [1.82, 2.24) is 9.44 Å². The van der Waals surface area contributed by atoms with Gasteiger partial charge >= 0.3 is 12.1 Å². The summed E-state index contributed by atoms with van der Waals surface area (Å²) in [6.45, 7) is 2.36. The van der Waals surface area contributed by atoms with Crippen LogP contribution >= 0.6 is 11.8 Å². The first-order chi connectivity index (χ1) is 14.4. The topological polar surface area (TPSA) is 145 Å². The van der Waals surface area contributed by atoms with Crippen LogP contribution in [0.5, 0.6) is 0 Å². The first kappa shape index (κ1) is 26.7. The second-order valence-electron chi connectivity index (χ2n) is 5.05. The average Bonchev–Trinajstić information content (AvgIpc) is 2.67. The molecule has 0 aliphatic carbocycles. The summed E-state index contributed by atoms with van der Waals surface area (Å²) in [4.78, 5) is 18.7. The highest BCUT2D eigenvalue weighted by atomic mass is 32.3. The van der Waals surface area contributed by atoms with E-state index in [9.17, 15) is 44.0 Å². The molecule has 10 nitrogen and oxygen atoms in total. The van der Waals surface area contributed by atoms with Gasteiger partial charge in [-0.25, -0.2) is 44.0 Å². The Labute approximate surface area is 179 Å². The van der Waals surface area contributed by atoms with E-state index in [1.54, 1.807) is 0 Å². The summed E-state index contributed by atoms with van der Waals surface area (Å²) in [7, 11) is -9.33. The number of hydrogen-bond acceptors (Lipinski definition) is 9. The molecule has 0 aliphatic rings. The number of sulfonamides is 1. The average molecular weight is 510 g/mol. The van der Waals surface area contributed by atoms with E-state index >= 15 is 0 Å². The number of nitrogens with one attached hydrogen (secondary N) is 2. The Hall–Kier alpha value is -2.37. The molecule has 1 aromatic rings. The second-order valence-corrected chi connectivity index (χ2v) is 8.81. The molecule has 0 atom stereocenters. The highest BCUT2D eigenvalue weighted by Gasteiger charge is 2.33. The van der Waals surface area contributed by atoms with Crippen LogP contribution in [0, 0.1) is 23.3 Å². The Bertz CT molecular complexity index is 1010. The summed E-state index contributed by atoms with van der Waals surface area (Å²) >= 11 is 0.162. The normalized spacial score (nSPS) is 11.3. The van der Waals surface area contributed by atoms with E-state index in [1.807, 2.05) is 0 Å². The van der Waals surface area contributed by atoms with Gasteiger partial charge in [0.1, 0.15) is 13.2 Å². The molecule has 31 heavy (non-hydrogen) atoms. The Kier molecular flexibility index (Phi) is 10.2. The van der Waals surface area contributed by atoms with Crippen molar-refractivity contribution in [2.75, 3.05) is 25.5 Å². The van der Waals surface area contributed by atoms with Gasteiger partial charge in [-0.05, 0) is 0 Å². The highest BCUT2D eigenvalue weighted by molar-refractivity contribution is 7.99. The fourth-order valence-corrected chi connectivity index (χ4v) is 4.40. The molecular weight excluding hydrogens is 496 g/mol. The van der Waals surface area contributed by atoms with Gasteiger partial charge in [-0.2, -0.15) is 0 Å². The second kappa shape index (κ2) is 11.9. The SMILES string of the molecule is C=CC(=O)OCCNC(=O)OCCSc1c(F)c(F)c(S(=O)(=O)N[SH](=O)=O)c(F)c1F. The van der Waals surface area contributed by atoms with Crippen molar-refractivity contribution in [2.45, 2.75) is 9.79 Å². The van der Waals surface area contributed by atoms with E-state index in [2.05, 4.69) is 21.4 Å². The molecule has 0 radical (unpaired) electrons. The molecule has 0 saturated carbocycles. The Morgan fingerprint density at radius 1 is 1.03 bits per heavy atom. The van der Waals surface area contributed by atoms with Crippen LogP contribution < -0.4 is 9.44 Å². The number of carbonyl (C=O) groups excluding carboxylic acids is 2. The first-order valence-corrected chi connectivity index (χ1v) is 11.4. The maximum atomic E-state index is 14.0. The standard InChI is InChI=1S/C14H14F4N2O8S3/c1-2-7(21)27-4-3-19-14(22)28-5-6-29-12-8(15)10(17)13(11(18)9(12)16)31(25,26)20-30(23)24/h2,30H,1,3-6H2,(H,19,22)(H,20,23,24). The van der Waals surface area contributed by atoms with E-state index in [-0.39, 0.29) is 24.9 Å². The largest absolute Gasteiger partial charge is 0.461 e. The quantitative estimate of drug-likeness (QED) is 0.0741. The van der Waals surface area contributed by atoms with Crippen LogP contribution in [0.4, 0.5) is 22.4 Å². The van der Waals surface area contributed by atoms with Crippen LogP contribution in [0.25, 0.3) is 0 Å². The summed E-state index contributed by atoms with van der Waals surface area (Å²) in [6.07, 6.45) is -0.0869. The van der Waals surface area contributed by atoms with Crippen molar-refractivity contribution in [1.29, 1.82) is 0 Å². The number of halogens is 4. The lowest BCUT2D eigenvalue weighted by atomic mass is 10.3. The molecule has 17 heteroatoms. The first-order valence-electron chi connectivity index (χ1n) is 7.77. The van der Waals surface area contributed by atoms with Gasteiger partial charge in [-0.15, -0.1) is 15.9 Å². The number of alkyl carbamates (subject to hydrolysis) is 1. The minimum absolute atomic E-state index is 0.121. The van der Waals surface area contributed by atoms with Crippen molar-refractivity contribution < 1.29 is 53.5 Å². The molecular formula is C14H14F4N2O8S3. The number of benzene rings is 1. The van der Waals surface area contributed by atoms with E-state index < -0.39 is 78.4 Å². The fourth-order valence-electron chi connectivity index (χ4n) is 1.79. The van der Waals surface area contributed by atoms with Crippen LogP contribution in [0.15, 0.2) is 22.4 Å². The maximum Gasteiger partial charge on any atom is 0.407 e. The van der Waals surface area contributed by atoms with Crippen LogP contribution in [0.3, 0.4) is 0 Å². The number of thiol groups is 1. The predicted molar refractivity (Wildman–Crippen MR) is 98.1 cm³/mol. The van der Waals surface area contributed by atoms with Gasteiger partial charge < -0.3 is 14.8 Å². The van der Waals surface area contributed by atoms with Gasteiger partial charge in [-0.1, -0.05) is 6.58 Å². The Morgan fingerprint density at radius 3 is 2.13 bits per heavy atom. The molecule has 1 rings (SSSR count). The zero-order valence-corrected chi connectivity index (χ0v) is 17.7. The number of thioether (sulfide) groups is 1. The summed E-state index contributed by atoms with van der Waals surface area (Å²) < 4.78 is 110. The van der Waals surface area contributed by atoms with Gasteiger partial charge in [0.2, 0.25) is 10.9 Å². The molecule has 2 N–H and O–H groups in total. The molecule has 1 amide bonds. The van der Waals surface area contributed by atoms with Crippen molar-refractivity contribution >= 4 is 44.7 Å². The third kappa shape index (κ3) is 7.67.